The average molecular weight is 271 g/mol. The Morgan fingerprint density at radius 1 is 1.16 bits per heavy atom. The van der Waals surface area contributed by atoms with Crippen molar-refractivity contribution in [2.24, 2.45) is 0 Å². The van der Waals surface area contributed by atoms with Gasteiger partial charge in [0.05, 0.1) is 12.6 Å². The third kappa shape index (κ3) is 9.47. The number of rotatable bonds is 7. The predicted octanol–water partition coefficient (Wildman–Crippen LogP) is 1.18. The molecule has 2 unspecified atom stereocenters. The monoisotopic (exact) mass is 271 g/mol. The minimum Gasteiger partial charge on any atom is -0.352 e. The first kappa shape index (κ1) is 17.9. The van der Waals surface area contributed by atoms with Gasteiger partial charge in [0.2, 0.25) is 11.8 Å². The molecule has 0 aliphatic rings. The first-order valence-corrected chi connectivity index (χ1v) is 7.00. The van der Waals surface area contributed by atoms with E-state index in [9.17, 15) is 9.59 Å². The minimum atomic E-state index is -0.370. The summed E-state index contributed by atoms with van der Waals surface area (Å²) in [6.45, 7) is 11.8. The maximum Gasteiger partial charge on any atom is 0.237 e. The number of hydrogen-bond donors (Lipinski definition) is 3. The van der Waals surface area contributed by atoms with Crippen LogP contribution in [0.15, 0.2) is 0 Å². The maximum absolute atomic E-state index is 11.8. The van der Waals surface area contributed by atoms with Crippen LogP contribution >= 0.6 is 0 Å². The van der Waals surface area contributed by atoms with Gasteiger partial charge in [0.1, 0.15) is 0 Å². The van der Waals surface area contributed by atoms with Crippen molar-refractivity contribution in [2.45, 2.75) is 72.0 Å². The zero-order valence-corrected chi connectivity index (χ0v) is 13.1. The van der Waals surface area contributed by atoms with Crippen LogP contribution in [0.25, 0.3) is 0 Å². The first-order chi connectivity index (χ1) is 8.65. The molecule has 5 nitrogen and oxygen atoms in total. The normalized spacial score (nSPS) is 14.6. The molecular formula is C14H29N3O2. The molecule has 0 heterocycles. The van der Waals surface area contributed by atoms with Crippen LogP contribution in [0.4, 0.5) is 0 Å². The topological polar surface area (TPSA) is 70.2 Å². The zero-order chi connectivity index (χ0) is 15.1. The van der Waals surface area contributed by atoms with Gasteiger partial charge in [0.15, 0.2) is 0 Å². The van der Waals surface area contributed by atoms with Gasteiger partial charge in [0, 0.05) is 11.6 Å². The third-order valence-electron chi connectivity index (χ3n) is 2.59. The standard InChI is InChI=1S/C14H29N3O2/c1-7-8-10(2)16-13(19)11(3)15-9-12(18)17-14(4,5)6/h10-11,15H,7-9H2,1-6H3,(H,16,19)(H,17,18). The number of carbonyl (C=O) groups excluding carboxylic acids is 2. The van der Waals surface area contributed by atoms with E-state index in [1.54, 1.807) is 6.92 Å². The number of amides is 2. The molecule has 0 aromatic carbocycles. The molecule has 0 aliphatic heterocycles. The van der Waals surface area contributed by atoms with E-state index >= 15 is 0 Å². The molecule has 0 aromatic rings. The largest absolute Gasteiger partial charge is 0.352 e. The van der Waals surface area contributed by atoms with Crippen LogP contribution in [0.5, 0.6) is 0 Å². The lowest BCUT2D eigenvalue weighted by molar-refractivity contribution is -0.124. The van der Waals surface area contributed by atoms with Gasteiger partial charge in [-0.05, 0) is 41.0 Å². The number of carbonyl (C=O) groups is 2. The molecular weight excluding hydrogens is 242 g/mol. The van der Waals surface area contributed by atoms with Crippen LogP contribution in [0.2, 0.25) is 0 Å². The Bertz CT molecular complexity index is 298. The van der Waals surface area contributed by atoms with Gasteiger partial charge in [-0.3, -0.25) is 14.9 Å². The fraction of sp³-hybridized carbons (Fsp3) is 0.857. The number of hydrogen-bond acceptors (Lipinski definition) is 3. The van der Waals surface area contributed by atoms with Gasteiger partial charge in [0.25, 0.3) is 0 Å². The van der Waals surface area contributed by atoms with Crippen LogP contribution in [0.1, 0.15) is 54.4 Å². The molecule has 112 valence electrons. The summed E-state index contributed by atoms with van der Waals surface area (Å²) in [6, 6.07) is -0.199. The summed E-state index contributed by atoms with van der Waals surface area (Å²) in [6.07, 6.45) is 2.00. The summed E-state index contributed by atoms with van der Waals surface area (Å²) < 4.78 is 0. The molecule has 0 fully saturated rings. The van der Waals surface area contributed by atoms with Crippen molar-refractivity contribution < 1.29 is 9.59 Å². The van der Waals surface area contributed by atoms with E-state index in [1.165, 1.54) is 0 Å². The lowest BCUT2D eigenvalue weighted by atomic mass is 10.1. The molecule has 0 bridgehead atoms. The summed E-state index contributed by atoms with van der Waals surface area (Å²) in [5, 5.41) is 8.69. The second-order valence-corrected chi connectivity index (χ2v) is 6.10. The number of nitrogens with one attached hydrogen (secondary N) is 3. The molecule has 2 amide bonds. The average Bonchev–Trinajstić information content (AvgIpc) is 2.23. The second kappa shape index (κ2) is 8.15. The van der Waals surface area contributed by atoms with Crippen molar-refractivity contribution in [3.8, 4) is 0 Å². The third-order valence-corrected chi connectivity index (χ3v) is 2.59. The van der Waals surface area contributed by atoms with Crippen molar-refractivity contribution in [3.63, 3.8) is 0 Å². The first-order valence-electron chi connectivity index (χ1n) is 7.00. The van der Waals surface area contributed by atoms with Crippen LogP contribution in [-0.2, 0) is 9.59 Å². The summed E-state index contributed by atoms with van der Waals surface area (Å²) in [4.78, 5) is 23.4. The predicted molar refractivity (Wildman–Crippen MR) is 77.9 cm³/mol. The Kier molecular flexibility index (Phi) is 7.68. The molecule has 0 radical (unpaired) electrons. The molecule has 0 aliphatic carbocycles. The minimum absolute atomic E-state index is 0.0653. The Morgan fingerprint density at radius 3 is 2.21 bits per heavy atom. The van der Waals surface area contributed by atoms with E-state index in [4.69, 9.17) is 0 Å². The second-order valence-electron chi connectivity index (χ2n) is 6.10. The van der Waals surface area contributed by atoms with Crippen LogP contribution in [-0.4, -0.2) is 36.0 Å². The maximum atomic E-state index is 11.8. The van der Waals surface area contributed by atoms with E-state index < -0.39 is 0 Å². The van der Waals surface area contributed by atoms with Gasteiger partial charge in [-0.25, -0.2) is 0 Å². The molecule has 0 saturated heterocycles. The summed E-state index contributed by atoms with van der Waals surface area (Å²) in [7, 11) is 0. The summed E-state index contributed by atoms with van der Waals surface area (Å²) in [5.41, 5.74) is -0.250. The van der Waals surface area contributed by atoms with Gasteiger partial charge in [-0.2, -0.15) is 0 Å². The van der Waals surface area contributed by atoms with Crippen LogP contribution in [0, 0.1) is 0 Å². The van der Waals surface area contributed by atoms with Gasteiger partial charge in [-0.1, -0.05) is 13.3 Å². The van der Waals surface area contributed by atoms with Crippen molar-refractivity contribution in [1.29, 1.82) is 0 Å². The van der Waals surface area contributed by atoms with E-state index in [-0.39, 0.29) is 36.0 Å². The van der Waals surface area contributed by atoms with E-state index in [0.717, 1.165) is 12.8 Å². The Labute approximate surface area is 116 Å². The summed E-state index contributed by atoms with van der Waals surface area (Å²) >= 11 is 0. The fourth-order valence-electron chi connectivity index (χ4n) is 1.67. The Hall–Kier alpha value is -1.10. The lowest BCUT2D eigenvalue weighted by Crippen LogP contribution is -2.50. The van der Waals surface area contributed by atoms with Crippen LogP contribution < -0.4 is 16.0 Å². The van der Waals surface area contributed by atoms with E-state index in [1.807, 2.05) is 27.7 Å². The molecule has 2 atom stereocenters. The molecule has 0 rings (SSSR count). The highest BCUT2D eigenvalue weighted by Crippen LogP contribution is 1.98. The van der Waals surface area contributed by atoms with Gasteiger partial charge < -0.3 is 10.6 Å². The van der Waals surface area contributed by atoms with Crippen molar-refractivity contribution in [2.75, 3.05) is 6.54 Å². The molecule has 0 spiro atoms. The highest BCUT2D eigenvalue weighted by molar-refractivity contribution is 5.83. The summed E-state index contributed by atoms with van der Waals surface area (Å²) in [5.74, 6) is -0.168. The van der Waals surface area contributed by atoms with E-state index in [0.29, 0.717) is 0 Å². The molecule has 5 heteroatoms. The zero-order valence-electron chi connectivity index (χ0n) is 13.1. The molecule has 0 saturated carbocycles. The van der Waals surface area contributed by atoms with Crippen molar-refractivity contribution >= 4 is 11.8 Å². The van der Waals surface area contributed by atoms with Gasteiger partial charge in [-0.15, -0.1) is 0 Å². The highest BCUT2D eigenvalue weighted by Gasteiger charge is 2.17. The highest BCUT2D eigenvalue weighted by atomic mass is 16.2. The molecule has 3 N–H and O–H groups in total. The quantitative estimate of drug-likeness (QED) is 0.651. The van der Waals surface area contributed by atoms with E-state index in [2.05, 4.69) is 22.9 Å². The Balaban J connectivity index is 4.00. The lowest BCUT2D eigenvalue weighted by Gasteiger charge is -2.22. The SMILES string of the molecule is CCCC(C)NC(=O)C(C)NCC(=O)NC(C)(C)C. The van der Waals surface area contributed by atoms with Crippen LogP contribution in [0.3, 0.4) is 0 Å². The smallest absolute Gasteiger partial charge is 0.237 e. The van der Waals surface area contributed by atoms with Crippen molar-refractivity contribution in [3.05, 3.63) is 0 Å². The Morgan fingerprint density at radius 2 is 1.74 bits per heavy atom. The fourth-order valence-corrected chi connectivity index (χ4v) is 1.67. The molecule has 19 heavy (non-hydrogen) atoms. The van der Waals surface area contributed by atoms with Crippen molar-refractivity contribution in [1.82, 2.24) is 16.0 Å². The molecule has 0 aromatic heterocycles. The van der Waals surface area contributed by atoms with Gasteiger partial charge >= 0.3 is 0 Å².